The normalized spacial score (nSPS) is 13.9. The Bertz CT molecular complexity index is 2960. The van der Waals surface area contributed by atoms with Crippen LogP contribution < -0.4 is 15.3 Å². The van der Waals surface area contributed by atoms with Gasteiger partial charge in [0.1, 0.15) is 8.07 Å². The average molecular weight is 770 g/mol. The summed E-state index contributed by atoms with van der Waals surface area (Å²) in [4.78, 5) is 2.45. The minimum absolute atomic E-state index is 0.447. The quantitative estimate of drug-likeness (QED) is 0.146. The molecule has 0 saturated heterocycles. The first-order valence-corrected chi connectivity index (χ1v) is 23.7. The first-order chi connectivity index (χ1) is 29.0. The number of hydrogen-bond acceptors (Lipinski definition) is 1. The van der Waals surface area contributed by atoms with Crippen molar-refractivity contribution in [1.29, 1.82) is 0 Å². The number of nitrogens with zero attached hydrogens (tertiary/aromatic N) is 1. The predicted octanol–water partition coefficient (Wildman–Crippen LogP) is 13.7. The smallest absolute Gasteiger partial charge is 0.113 e. The lowest BCUT2D eigenvalue weighted by molar-refractivity contribution is 0.768. The Hall–Kier alpha value is -7.00. The fourth-order valence-corrected chi connectivity index (χ4v) is 13.3. The van der Waals surface area contributed by atoms with E-state index in [1.165, 1.54) is 77.1 Å². The molecule has 0 bridgehead atoms. The number of anilines is 3. The van der Waals surface area contributed by atoms with Crippen molar-refractivity contribution in [3.05, 3.63) is 247 Å². The van der Waals surface area contributed by atoms with Crippen molar-refractivity contribution in [2.75, 3.05) is 4.90 Å². The summed E-state index contributed by atoms with van der Waals surface area (Å²) in [6.45, 7) is 4.98. The van der Waals surface area contributed by atoms with Gasteiger partial charge in [0.2, 0.25) is 0 Å². The van der Waals surface area contributed by atoms with Crippen molar-refractivity contribution in [3.63, 3.8) is 0 Å². The van der Waals surface area contributed by atoms with Crippen LogP contribution in [-0.4, -0.2) is 8.07 Å². The molecule has 9 aromatic rings. The molecule has 1 heterocycles. The molecule has 280 valence electrons. The van der Waals surface area contributed by atoms with E-state index in [-0.39, 0.29) is 0 Å². The van der Waals surface area contributed by atoms with Gasteiger partial charge in [-0.3, -0.25) is 0 Å². The maximum absolute atomic E-state index is 2.49. The average Bonchev–Trinajstić information content (AvgIpc) is 3.73. The van der Waals surface area contributed by atoms with E-state index in [1.807, 2.05) is 0 Å². The van der Waals surface area contributed by atoms with Gasteiger partial charge in [-0.1, -0.05) is 201 Å². The number of rotatable bonds is 7. The van der Waals surface area contributed by atoms with Gasteiger partial charge in [-0.05, 0) is 114 Å². The van der Waals surface area contributed by atoms with Crippen LogP contribution in [0.25, 0.3) is 44.5 Å². The van der Waals surface area contributed by atoms with Crippen LogP contribution in [0.1, 0.15) is 22.3 Å². The summed E-state index contributed by atoms with van der Waals surface area (Å²) < 4.78 is 0. The molecule has 11 rings (SSSR count). The molecule has 9 aromatic carbocycles. The van der Waals surface area contributed by atoms with Gasteiger partial charge >= 0.3 is 0 Å². The summed E-state index contributed by atoms with van der Waals surface area (Å²) in [5, 5.41) is 3.03. The Morgan fingerprint density at radius 1 is 0.322 bits per heavy atom. The maximum Gasteiger partial charge on any atom is 0.113 e. The number of fused-ring (bicyclic) bond motifs is 6. The summed E-state index contributed by atoms with van der Waals surface area (Å²) in [6.07, 6.45) is 0. The first-order valence-electron chi connectivity index (χ1n) is 20.7. The van der Waals surface area contributed by atoms with E-state index in [9.17, 15) is 0 Å². The molecular formula is C57H43NSi. The molecule has 2 heteroatoms. The lowest BCUT2D eigenvalue weighted by Gasteiger charge is -2.34. The van der Waals surface area contributed by atoms with Crippen LogP contribution in [0.3, 0.4) is 0 Å². The molecule has 0 spiro atoms. The summed E-state index contributed by atoms with van der Waals surface area (Å²) in [6, 6.07) is 83.3. The van der Waals surface area contributed by atoms with Crippen LogP contribution in [0.5, 0.6) is 0 Å². The zero-order chi connectivity index (χ0) is 39.6. The van der Waals surface area contributed by atoms with Gasteiger partial charge in [0.05, 0.1) is 5.41 Å². The van der Waals surface area contributed by atoms with Gasteiger partial charge in [0.15, 0.2) is 0 Å². The van der Waals surface area contributed by atoms with Crippen molar-refractivity contribution >= 4 is 35.5 Å². The van der Waals surface area contributed by atoms with E-state index in [0.717, 1.165) is 17.1 Å². The topological polar surface area (TPSA) is 3.24 Å². The zero-order valence-electron chi connectivity index (χ0n) is 33.3. The molecule has 59 heavy (non-hydrogen) atoms. The van der Waals surface area contributed by atoms with E-state index in [2.05, 4.69) is 242 Å². The number of benzene rings is 9. The standard InChI is InChI=1S/C57H43NSi/c1-59(2)55-27-14-11-24-51(55)52-39-48(36-37-56(52)59)58(47-21-15-18-43(38-47)42-30-28-41(29-31-42)40-16-5-3-6-17-40)46-34-32-45(33-35-46)57(44-19-7-4-8-20-44)53-25-12-9-22-49(53)50-23-10-13-26-54(50)57/h3-39H,1-2H3. The Labute approximate surface area is 348 Å². The van der Waals surface area contributed by atoms with E-state index in [0.29, 0.717) is 0 Å². The third-order valence-electron chi connectivity index (χ3n) is 13.0. The highest BCUT2D eigenvalue weighted by atomic mass is 28.3. The molecule has 0 atom stereocenters. The second-order valence-corrected chi connectivity index (χ2v) is 20.8. The summed E-state index contributed by atoms with van der Waals surface area (Å²) in [5.74, 6) is 0. The minimum Gasteiger partial charge on any atom is -0.310 e. The summed E-state index contributed by atoms with van der Waals surface area (Å²) in [5.41, 5.74) is 18.3. The van der Waals surface area contributed by atoms with E-state index in [1.54, 1.807) is 0 Å². The molecule has 0 aromatic heterocycles. The van der Waals surface area contributed by atoms with E-state index >= 15 is 0 Å². The Morgan fingerprint density at radius 2 is 0.797 bits per heavy atom. The molecule has 0 fully saturated rings. The minimum atomic E-state index is -1.82. The van der Waals surface area contributed by atoms with Crippen LogP contribution in [0.15, 0.2) is 224 Å². The van der Waals surface area contributed by atoms with Crippen molar-refractivity contribution in [2.45, 2.75) is 18.5 Å². The molecule has 0 amide bonds. The highest BCUT2D eigenvalue weighted by Crippen LogP contribution is 2.56. The second-order valence-electron chi connectivity index (χ2n) is 16.5. The molecule has 0 saturated carbocycles. The second kappa shape index (κ2) is 13.8. The van der Waals surface area contributed by atoms with Crippen LogP contribution in [-0.2, 0) is 5.41 Å². The molecule has 2 aliphatic rings. The van der Waals surface area contributed by atoms with Crippen LogP contribution in [0.2, 0.25) is 13.1 Å². The third kappa shape index (κ3) is 5.51. The van der Waals surface area contributed by atoms with Gasteiger partial charge in [-0.15, -0.1) is 0 Å². The first kappa shape index (κ1) is 35.2. The van der Waals surface area contributed by atoms with Gasteiger partial charge in [-0.2, -0.15) is 0 Å². The van der Waals surface area contributed by atoms with Crippen molar-refractivity contribution in [1.82, 2.24) is 0 Å². The van der Waals surface area contributed by atoms with Gasteiger partial charge in [0.25, 0.3) is 0 Å². The molecule has 0 unspecified atom stereocenters. The van der Waals surface area contributed by atoms with Gasteiger partial charge in [0, 0.05) is 17.1 Å². The van der Waals surface area contributed by atoms with Crippen LogP contribution in [0.4, 0.5) is 17.1 Å². The highest BCUT2D eigenvalue weighted by Gasteiger charge is 2.46. The number of hydrogen-bond donors (Lipinski definition) is 0. The van der Waals surface area contributed by atoms with E-state index < -0.39 is 13.5 Å². The third-order valence-corrected chi connectivity index (χ3v) is 16.5. The summed E-state index contributed by atoms with van der Waals surface area (Å²) >= 11 is 0. The lowest BCUT2D eigenvalue weighted by Crippen LogP contribution is -2.49. The largest absolute Gasteiger partial charge is 0.310 e. The van der Waals surface area contributed by atoms with E-state index in [4.69, 9.17) is 0 Å². The highest BCUT2D eigenvalue weighted by molar-refractivity contribution is 7.03. The summed E-state index contributed by atoms with van der Waals surface area (Å²) in [7, 11) is -1.82. The van der Waals surface area contributed by atoms with Gasteiger partial charge in [-0.25, -0.2) is 0 Å². The van der Waals surface area contributed by atoms with Crippen LogP contribution >= 0.6 is 0 Å². The SMILES string of the molecule is C[Si]1(C)c2ccccc2-c2cc(N(c3ccc(C4(c5ccccc5)c5ccccc5-c5ccccc54)cc3)c3cccc(-c4ccc(-c5ccccc5)cc4)c3)ccc21. The monoisotopic (exact) mass is 769 g/mol. The van der Waals surface area contributed by atoms with Crippen molar-refractivity contribution in [2.24, 2.45) is 0 Å². The molecule has 1 aliphatic carbocycles. The predicted molar refractivity (Wildman–Crippen MR) is 251 cm³/mol. The van der Waals surface area contributed by atoms with Gasteiger partial charge < -0.3 is 4.90 Å². The Morgan fingerprint density at radius 3 is 1.47 bits per heavy atom. The van der Waals surface area contributed by atoms with Crippen molar-refractivity contribution in [3.8, 4) is 44.5 Å². The van der Waals surface area contributed by atoms with Crippen LogP contribution in [0, 0.1) is 0 Å². The molecule has 1 aliphatic heterocycles. The Balaban J connectivity index is 1.07. The zero-order valence-corrected chi connectivity index (χ0v) is 34.3. The molecule has 0 N–H and O–H groups in total. The molecule has 1 nitrogen and oxygen atoms in total. The molecular weight excluding hydrogens is 727 g/mol. The molecule has 0 radical (unpaired) electrons. The maximum atomic E-state index is 2.49. The van der Waals surface area contributed by atoms with Crippen molar-refractivity contribution < 1.29 is 0 Å². The Kier molecular flexibility index (Phi) is 8.25. The fraction of sp³-hybridized carbons (Fsp3) is 0.0526. The lowest BCUT2D eigenvalue weighted by atomic mass is 9.68. The fourth-order valence-electron chi connectivity index (χ4n) is 10.2.